The predicted molar refractivity (Wildman–Crippen MR) is 154 cm³/mol. The molecule has 1 N–H and O–H groups in total. The van der Waals surface area contributed by atoms with E-state index >= 15 is 0 Å². The summed E-state index contributed by atoms with van der Waals surface area (Å²) in [5, 5.41) is 3.54. The average Bonchev–Trinajstić information content (AvgIpc) is 3.47. The Bertz CT molecular complexity index is 1370. The van der Waals surface area contributed by atoms with E-state index < -0.39 is 0 Å². The topological polar surface area (TPSA) is 83.2 Å². The van der Waals surface area contributed by atoms with Crippen LogP contribution in [0, 0.1) is 5.92 Å². The molecule has 4 aromatic rings. The smallest absolute Gasteiger partial charge is 0.337 e. The Morgan fingerprint density at radius 2 is 1.84 bits per heavy atom. The summed E-state index contributed by atoms with van der Waals surface area (Å²) in [4.78, 5) is 22.3. The number of methoxy groups -OCH3 is 2. The minimum absolute atomic E-state index is 0.356. The number of benzene rings is 2. The molecule has 2 aromatic heterocycles. The van der Waals surface area contributed by atoms with Gasteiger partial charge in [-0.3, -0.25) is 0 Å². The quantitative estimate of drug-likeness (QED) is 0.151. The third-order valence-corrected chi connectivity index (χ3v) is 6.90. The minimum Gasteiger partial charge on any atom is -0.465 e. The lowest BCUT2D eigenvalue weighted by atomic mass is 10.1. The van der Waals surface area contributed by atoms with Crippen LogP contribution in [-0.4, -0.2) is 52.4 Å². The first-order valence-corrected chi connectivity index (χ1v) is 13.8. The fourth-order valence-corrected chi connectivity index (χ4v) is 4.85. The van der Waals surface area contributed by atoms with Gasteiger partial charge in [0.25, 0.3) is 0 Å². The zero-order valence-electron chi connectivity index (χ0n) is 23.4. The van der Waals surface area contributed by atoms with Gasteiger partial charge in [-0.25, -0.2) is 14.8 Å². The third kappa shape index (κ3) is 6.01. The van der Waals surface area contributed by atoms with Gasteiger partial charge >= 0.3 is 5.97 Å². The highest BCUT2D eigenvalue weighted by molar-refractivity contribution is 5.97. The molecule has 0 saturated carbocycles. The fourth-order valence-electron chi connectivity index (χ4n) is 4.85. The van der Waals surface area contributed by atoms with Crippen LogP contribution in [0.1, 0.15) is 63.2 Å². The SMILES string of the molecule is CCCCCn1c(NCCCOC)nc2cccc(-c3nc4cc(C(=O)OC)ccc4n3CCC(C)C)c21. The second-order valence-corrected chi connectivity index (χ2v) is 10.2. The Kier molecular flexibility index (Phi) is 9.39. The monoisotopic (exact) mass is 519 g/mol. The molecule has 0 saturated heterocycles. The van der Waals surface area contributed by atoms with Crippen molar-refractivity contribution in [3.63, 3.8) is 0 Å². The van der Waals surface area contributed by atoms with E-state index in [9.17, 15) is 4.79 Å². The van der Waals surface area contributed by atoms with Crippen molar-refractivity contribution in [3.05, 3.63) is 42.0 Å². The number of anilines is 1. The van der Waals surface area contributed by atoms with Crippen molar-refractivity contribution in [1.82, 2.24) is 19.1 Å². The van der Waals surface area contributed by atoms with Crippen LogP contribution >= 0.6 is 0 Å². The number of nitrogens with zero attached hydrogens (tertiary/aromatic N) is 4. The van der Waals surface area contributed by atoms with Gasteiger partial charge in [0, 0.05) is 38.9 Å². The molecule has 2 heterocycles. The Hall–Kier alpha value is -3.39. The van der Waals surface area contributed by atoms with Crippen molar-refractivity contribution in [2.75, 3.05) is 32.7 Å². The number of unbranched alkanes of at least 4 members (excludes halogenated alkanes) is 2. The predicted octanol–water partition coefficient (Wildman–Crippen LogP) is 6.52. The summed E-state index contributed by atoms with van der Waals surface area (Å²) in [6, 6.07) is 11.9. The van der Waals surface area contributed by atoms with E-state index in [2.05, 4.69) is 53.4 Å². The summed E-state index contributed by atoms with van der Waals surface area (Å²) in [5.74, 6) is 1.98. The van der Waals surface area contributed by atoms with Crippen molar-refractivity contribution < 1.29 is 14.3 Å². The molecule has 0 fully saturated rings. The maximum absolute atomic E-state index is 12.2. The largest absolute Gasteiger partial charge is 0.465 e. The lowest BCUT2D eigenvalue weighted by molar-refractivity contribution is 0.0601. The zero-order chi connectivity index (χ0) is 27.1. The highest BCUT2D eigenvalue weighted by atomic mass is 16.5. The highest BCUT2D eigenvalue weighted by Gasteiger charge is 2.21. The molecular formula is C30H41N5O3. The molecule has 0 amide bonds. The Balaban J connectivity index is 1.87. The highest BCUT2D eigenvalue weighted by Crippen LogP contribution is 2.34. The number of aromatic nitrogens is 4. The van der Waals surface area contributed by atoms with E-state index in [1.165, 1.54) is 7.11 Å². The maximum atomic E-state index is 12.2. The van der Waals surface area contributed by atoms with Crippen LogP contribution in [0.5, 0.6) is 0 Å². The summed E-state index contributed by atoms with van der Waals surface area (Å²) in [5.41, 5.74) is 5.40. The number of carbonyl (C=O) groups is 1. The number of carbonyl (C=O) groups excluding carboxylic acids is 1. The number of rotatable bonds is 14. The molecule has 0 aliphatic rings. The van der Waals surface area contributed by atoms with Gasteiger partial charge in [0.05, 0.1) is 34.7 Å². The van der Waals surface area contributed by atoms with Crippen LogP contribution in [-0.2, 0) is 22.6 Å². The molecule has 0 aliphatic carbocycles. The van der Waals surface area contributed by atoms with E-state index in [1.54, 1.807) is 7.11 Å². The van der Waals surface area contributed by atoms with Gasteiger partial charge in [-0.1, -0.05) is 39.7 Å². The van der Waals surface area contributed by atoms with Crippen LogP contribution in [0.2, 0.25) is 0 Å². The second-order valence-electron chi connectivity index (χ2n) is 10.2. The minimum atomic E-state index is -0.356. The van der Waals surface area contributed by atoms with E-state index in [1.807, 2.05) is 18.2 Å². The standard InChI is InChI=1S/C30H41N5O3/c1-6-7-8-17-35-27-23(11-9-12-24(27)33-30(35)31-16-10-19-37-4)28-32-25-20-22(29(36)38-5)13-14-26(25)34(28)18-15-21(2)3/h9,11-14,20-21H,6-8,10,15-19H2,1-5H3,(H,31,33). The molecule has 0 radical (unpaired) electrons. The zero-order valence-corrected chi connectivity index (χ0v) is 23.4. The first-order chi connectivity index (χ1) is 18.5. The number of aryl methyl sites for hydroxylation is 2. The van der Waals surface area contributed by atoms with Gasteiger partial charge in [0.2, 0.25) is 5.95 Å². The molecule has 0 bridgehead atoms. The second kappa shape index (κ2) is 12.9. The number of fused-ring (bicyclic) bond motifs is 2. The number of hydrogen-bond acceptors (Lipinski definition) is 6. The van der Waals surface area contributed by atoms with Crippen LogP contribution in [0.25, 0.3) is 33.5 Å². The molecule has 204 valence electrons. The van der Waals surface area contributed by atoms with Crippen molar-refractivity contribution in [1.29, 1.82) is 0 Å². The maximum Gasteiger partial charge on any atom is 0.337 e. The molecule has 38 heavy (non-hydrogen) atoms. The van der Waals surface area contributed by atoms with Gasteiger partial charge in [0.15, 0.2) is 0 Å². The molecule has 0 aliphatic heterocycles. The molecule has 0 unspecified atom stereocenters. The molecule has 2 aromatic carbocycles. The third-order valence-electron chi connectivity index (χ3n) is 6.90. The fraction of sp³-hybridized carbons (Fsp3) is 0.500. The van der Waals surface area contributed by atoms with E-state index in [0.717, 1.165) is 91.1 Å². The van der Waals surface area contributed by atoms with E-state index in [0.29, 0.717) is 18.1 Å². The van der Waals surface area contributed by atoms with Crippen LogP contribution in [0.3, 0.4) is 0 Å². The molecule has 0 atom stereocenters. The molecule has 0 spiro atoms. The van der Waals surface area contributed by atoms with Crippen LogP contribution < -0.4 is 5.32 Å². The molecule has 4 rings (SSSR count). The first kappa shape index (κ1) is 27.6. The average molecular weight is 520 g/mol. The number of imidazole rings is 2. The number of esters is 1. The van der Waals surface area contributed by atoms with Crippen molar-refractivity contribution in [3.8, 4) is 11.4 Å². The number of para-hydroxylation sites is 1. The molecule has 8 heteroatoms. The van der Waals surface area contributed by atoms with Crippen LogP contribution in [0.4, 0.5) is 5.95 Å². The first-order valence-electron chi connectivity index (χ1n) is 13.8. The van der Waals surface area contributed by atoms with Crippen molar-refractivity contribution in [2.45, 2.75) is 66.0 Å². The summed E-state index contributed by atoms with van der Waals surface area (Å²) in [7, 11) is 3.13. The van der Waals surface area contributed by atoms with Gasteiger partial charge in [-0.05, 0) is 55.5 Å². The van der Waals surface area contributed by atoms with Gasteiger partial charge in [0.1, 0.15) is 5.82 Å². The Labute approximate surface area is 225 Å². The lowest BCUT2D eigenvalue weighted by Crippen LogP contribution is -2.11. The molecular weight excluding hydrogens is 478 g/mol. The van der Waals surface area contributed by atoms with E-state index in [4.69, 9.17) is 19.4 Å². The Morgan fingerprint density at radius 3 is 2.58 bits per heavy atom. The number of ether oxygens (including phenoxy) is 2. The van der Waals surface area contributed by atoms with E-state index in [-0.39, 0.29) is 5.97 Å². The lowest BCUT2D eigenvalue weighted by Gasteiger charge is -2.15. The van der Waals surface area contributed by atoms with Gasteiger partial charge in [-0.15, -0.1) is 0 Å². The normalized spacial score (nSPS) is 11.6. The summed E-state index contributed by atoms with van der Waals surface area (Å²) in [6.45, 7) is 9.92. The van der Waals surface area contributed by atoms with Gasteiger partial charge in [-0.2, -0.15) is 0 Å². The Morgan fingerprint density at radius 1 is 1.00 bits per heavy atom. The number of hydrogen-bond donors (Lipinski definition) is 1. The van der Waals surface area contributed by atoms with Crippen molar-refractivity contribution >= 4 is 34.0 Å². The summed E-state index contributed by atoms with van der Waals surface area (Å²) in [6.07, 6.45) is 5.33. The summed E-state index contributed by atoms with van der Waals surface area (Å²) < 4.78 is 14.8. The van der Waals surface area contributed by atoms with Gasteiger partial charge < -0.3 is 23.9 Å². The summed E-state index contributed by atoms with van der Waals surface area (Å²) >= 11 is 0. The van der Waals surface area contributed by atoms with Crippen molar-refractivity contribution in [2.24, 2.45) is 5.92 Å². The molecule has 8 nitrogen and oxygen atoms in total. The number of nitrogens with one attached hydrogen (secondary N) is 1. The van der Waals surface area contributed by atoms with Crippen LogP contribution in [0.15, 0.2) is 36.4 Å².